The van der Waals surface area contributed by atoms with Gasteiger partial charge in [0.1, 0.15) is 11.1 Å². The molecule has 1 aromatic heterocycles. The van der Waals surface area contributed by atoms with Gasteiger partial charge in [0.15, 0.2) is 0 Å². The van der Waals surface area contributed by atoms with E-state index in [-0.39, 0.29) is 11.1 Å². The number of hydrogen-bond acceptors (Lipinski definition) is 5. The Bertz CT molecular complexity index is 817. The van der Waals surface area contributed by atoms with Gasteiger partial charge in [-0.25, -0.2) is 0 Å². The lowest BCUT2D eigenvalue weighted by atomic mass is 10.1. The minimum atomic E-state index is -1.40. The van der Waals surface area contributed by atoms with Crippen molar-refractivity contribution < 1.29 is 14.7 Å². The summed E-state index contributed by atoms with van der Waals surface area (Å²) in [4.78, 5) is 24.5. The van der Waals surface area contributed by atoms with E-state index < -0.39 is 11.9 Å². The number of aryl methyl sites for hydroxylation is 1. The van der Waals surface area contributed by atoms with E-state index in [1.807, 2.05) is 0 Å². The summed E-state index contributed by atoms with van der Waals surface area (Å²) in [6.07, 6.45) is 2.79. The molecule has 110 valence electrons. The summed E-state index contributed by atoms with van der Waals surface area (Å²) >= 11 is 1.39. The zero-order valence-corrected chi connectivity index (χ0v) is 12.3. The second kappa shape index (κ2) is 5.62. The first-order valence-electron chi connectivity index (χ1n) is 6.78. The third kappa shape index (κ3) is 2.36. The summed E-state index contributed by atoms with van der Waals surface area (Å²) in [5.41, 5.74) is 1.37. The number of carbonyl (C=O) groups excluding carboxylic acids is 2. The SMILES string of the molecule is N#Cc1c(NC(=O)c2ccccc2C(=O)[O-])sc2c1CCC2. The number of aromatic carboxylic acids is 1. The first-order valence-corrected chi connectivity index (χ1v) is 7.60. The van der Waals surface area contributed by atoms with E-state index in [1.165, 1.54) is 29.5 Å². The van der Waals surface area contributed by atoms with Gasteiger partial charge in [0.25, 0.3) is 5.91 Å². The van der Waals surface area contributed by atoms with Crippen LogP contribution in [0, 0.1) is 11.3 Å². The highest BCUT2D eigenvalue weighted by atomic mass is 32.1. The van der Waals surface area contributed by atoms with Gasteiger partial charge >= 0.3 is 0 Å². The number of nitrogens with one attached hydrogen (secondary N) is 1. The Labute approximate surface area is 130 Å². The summed E-state index contributed by atoms with van der Waals surface area (Å²) in [5, 5.41) is 23.5. The lowest BCUT2D eigenvalue weighted by Crippen LogP contribution is -2.26. The van der Waals surface area contributed by atoms with Crippen molar-refractivity contribution in [1.29, 1.82) is 5.26 Å². The number of hydrogen-bond donors (Lipinski definition) is 1. The zero-order chi connectivity index (χ0) is 15.7. The lowest BCUT2D eigenvalue weighted by molar-refractivity contribution is -0.255. The summed E-state index contributed by atoms with van der Waals surface area (Å²) in [6, 6.07) is 8.00. The maximum atomic E-state index is 12.3. The van der Waals surface area contributed by atoms with Crippen molar-refractivity contribution in [2.24, 2.45) is 0 Å². The third-order valence-electron chi connectivity index (χ3n) is 3.65. The van der Waals surface area contributed by atoms with Crippen molar-refractivity contribution in [2.45, 2.75) is 19.3 Å². The molecule has 1 amide bonds. The van der Waals surface area contributed by atoms with Crippen LogP contribution in [0.4, 0.5) is 5.00 Å². The summed E-state index contributed by atoms with van der Waals surface area (Å²) < 4.78 is 0. The van der Waals surface area contributed by atoms with Gasteiger partial charge in [-0.15, -0.1) is 11.3 Å². The Kier molecular flexibility index (Phi) is 3.65. The molecule has 0 radical (unpaired) electrons. The molecule has 0 aliphatic heterocycles. The number of fused-ring (bicyclic) bond motifs is 1. The van der Waals surface area contributed by atoms with E-state index in [9.17, 15) is 20.0 Å². The molecular weight excluding hydrogens is 300 g/mol. The van der Waals surface area contributed by atoms with Gasteiger partial charge in [-0.1, -0.05) is 18.2 Å². The summed E-state index contributed by atoms with van der Waals surface area (Å²) in [5.74, 6) is -1.95. The maximum absolute atomic E-state index is 12.3. The van der Waals surface area contributed by atoms with E-state index in [4.69, 9.17) is 0 Å². The van der Waals surface area contributed by atoms with E-state index in [0.717, 1.165) is 29.7 Å². The second-order valence-corrected chi connectivity index (χ2v) is 6.07. The molecule has 0 bridgehead atoms. The van der Waals surface area contributed by atoms with Crippen LogP contribution in [0.15, 0.2) is 24.3 Å². The van der Waals surface area contributed by atoms with Crippen molar-refractivity contribution in [3.05, 3.63) is 51.4 Å². The number of carboxylic acid groups (broad SMARTS) is 1. The van der Waals surface area contributed by atoms with Crippen molar-refractivity contribution in [1.82, 2.24) is 0 Å². The van der Waals surface area contributed by atoms with Gasteiger partial charge in [0.2, 0.25) is 0 Å². The van der Waals surface area contributed by atoms with Crippen LogP contribution in [-0.4, -0.2) is 11.9 Å². The average molecular weight is 311 g/mol. The number of anilines is 1. The minimum Gasteiger partial charge on any atom is -0.545 e. The van der Waals surface area contributed by atoms with Crippen LogP contribution in [0.2, 0.25) is 0 Å². The quantitative estimate of drug-likeness (QED) is 0.934. The fraction of sp³-hybridized carbons (Fsp3) is 0.188. The fourth-order valence-electron chi connectivity index (χ4n) is 2.64. The number of carbonyl (C=O) groups is 2. The van der Waals surface area contributed by atoms with Gasteiger partial charge in [0.05, 0.1) is 11.5 Å². The molecule has 1 aliphatic rings. The average Bonchev–Trinajstić information content (AvgIpc) is 3.07. The lowest BCUT2D eigenvalue weighted by Gasteiger charge is -2.10. The Morgan fingerprint density at radius 2 is 1.95 bits per heavy atom. The highest BCUT2D eigenvalue weighted by Crippen LogP contribution is 2.38. The molecule has 5 nitrogen and oxygen atoms in total. The van der Waals surface area contributed by atoms with Gasteiger partial charge in [-0.2, -0.15) is 5.26 Å². The topological polar surface area (TPSA) is 93.0 Å². The molecule has 0 unspecified atom stereocenters. The predicted octanol–water partition coefficient (Wildman–Crippen LogP) is 1.72. The van der Waals surface area contributed by atoms with E-state index in [0.29, 0.717) is 10.6 Å². The van der Waals surface area contributed by atoms with Gasteiger partial charge in [0, 0.05) is 16.0 Å². The molecule has 0 saturated heterocycles. The van der Waals surface area contributed by atoms with Crippen LogP contribution >= 0.6 is 11.3 Å². The van der Waals surface area contributed by atoms with Gasteiger partial charge in [-0.3, -0.25) is 4.79 Å². The molecule has 0 spiro atoms. The number of benzene rings is 1. The van der Waals surface area contributed by atoms with Gasteiger partial charge < -0.3 is 15.2 Å². The van der Waals surface area contributed by atoms with Crippen LogP contribution in [0.3, 0.4) is 0 Å². The predicted molar refractivity (Wildman–Crippen MR) is 79.8 cm³/mol. The Morgan fingerprint density at radius 3 is 2.64 bits per heavy atom. The molecule has 0 fully saturated rings. The standard InChI is InChI=1S/C16H12N2O3S/c17-8-12-9-6-3-7-13(9)22-15(12)18-14(19)10-4-1-2-5-11(10)16(20)21/h1-2,4-5H,3,6-7H2,(H,18,19)(H,20,21)/p-1. The van der Waals surface area contributed by atoms with Crippen molar-refractivity contribution >= 4 is 28.2 Å². The highest BCUT2D eigenvalue weighted by Gasteiger charge is 2.23. The first-order chi connectivity index (χ1) is 10.6. The molecule has 1 aromatic carbocycles. The van der Waals surface area contributed by atoms with E-state index in [2.05, 4.69) is 11.4 Å². The molecule has 1 N–H and O–H groups in total. The van der Waals surface area contributed by atoms with Gasteiger partial charge in [-0.05, 0) is 30.9 Å². The molecule has 0 saturated carbocycles. The Morgan fingerprint density at radius 1 is 1.23 bits per heavy atom. The zero-order valence-electron chi connectivity index (χ0n) is 11.5. The largest absolute Gasteiger partial charge is 0.545 e. The number of thiophene rings is 1. The number of carboxylic acids is 1. The van der Waals surface area contributed by atoms with Crippen LogP contribution < -0.4 is 10.4 Å². The molecular formula is C16H11N2O3S-. The van der Waals surface area contributed by atoms with E-state index >= 15 is 0 Å². The van der Waals surface area contributed by atoms with Crippen LogP contribution in [-0.2, 0) is 12.8 Å². The van der Waals surface area contributed by atoms with Crippen LogP contribution in [0.25, 0.3) is 0 Å². The monoisotopic (exact) mass is 311 g/mol. The first kappa shape index (κ1) is 14.3. The van der Waals surface area contributed by atoms with Crippen LogP contribution in [0.1, 0.15) is 43.1 Å². The van der Waals surface area contributed by atoms with Crippen LogP contribution in [0.5, 0.6) is 0 Å². The van der Waals surface area contributed by atoms with Crippen molar-refractivity contribution in [2.75, 3.05) is 5.32 Å². The fourth-order valence-corrected chi connectivity index (χ4v) is 3.87. The molecule has 6 heteroatoms. The third-order valence-corrected chi connectivity index (χ3v) is 4.86. The Balaban J connectivity index is 1.94. The normalized spacial score (nSPS) is 12.5. The number of amides is 1. The summed E-state index contributed by atoms with van der Waals surface area (Å²) in [7, 11) is 0. The second-order valence-electron chi connectivity index (χ2n) is 4.96. The number of nitrogens with zero attached hydrogens (tertiary/aromatic N) is 1. The molecule has 3 rings (SSSR count). The molecule has 1 heterocycles. The number of rotatable bonds is 3. The molecule has 2 aromatic rings. The van der Waals surface area contributed by atoms with Crippen molar-refractivity contribution in [3.63, 3.8) is 0 Å². The van der Waals surface area contributed by atoms with E-state index in [1.54, 1.807) is 6.07 Å². The Hall–Kier alpha value is -2.65. The molecule has 0 atom stereocenters. The molecule has 1 aliphatic carbocycles. The number of nitriles is 1. The van der Waals surface area contributed by atoms with Crippen molar-refractivity contribution in [3.8, 4) is 6.07 Å². The molecule has 22 heavy (non-hydrogen) atoms. The minimum absolute atomic E-state index is 0.0277. The smallest absolute Gasteiger partial charge is 0.256 e. The highest BCUT2D eigenvalue weighted by molar-refractivity contribution is 7.16. The summed E-state index contributed by atoms with van der Waals surface area (Å²) in [6.45, 7) is 0. The maximum Gasteiger partial charge on any atom is 0.256 e.